The molecule has 31 heavy (non-hydrogen) atoms. The maximum atomic E-state index is 13.2. The number of carbonyl (C=O) groups is 2. The smallest absolute Gasteiger partial charge is 0.343 e. The van der Waals surface area contributed by atoms with E-state index in [4.69, 9.17) is 14.5 Å². The van der Waals surface area contributed by atoms with Crippen LogP contribution in [0, 0.1) is 0 Å². The summed E-state index contributed by atoms with van der Waals surface area (Å²) in [6.45, 7) is 3.78. The fourth-order valence-corrected chi connectivity index (χ4v) is 4.38. The molecule has 0 amide bonds. The van der Waals surface area contributed by atoms with Gasteiger partial charge in [-0.05, 0) is 31.5 Å². The van der Waals surface area contributed by atoms with Gasteiger partial charge in [0.2, 0.25) is 0 Å². The molecule has 2 aliphatic rings. The van der Waals surface area contributed by atoms with E-state index in [0.29, 0.717) is 29.0 Å². The van der Waals surface area contributed by atoms with E-state index in [1.54, 1.807) is 36.6 Å². The normalized spacial score (nSPS) is 18.9. The molecule has 0 saturated heterocycles. The summed E-state index contributed by atoms with van der Waals surface area (Å²) in [5.41, 5.74) is 1.02. The third kappa shape index (κ3) is 2.64. The SMILES string of the molecule is CCOC(=O)c1cccc2cc3c(nc12)-c1cc2c(c(=O)n1C3)COC(=O)C2(O)CC. The topological polar surface area (TPSA) is 108 Å². The summed E-state index contributed by atoms with van der Waals surface area (Å²) in [6, 6.07) is 8.82. The van der Waals surface area contributed by atoms with Gasteiger partial charge >= 0.3 is 11.9 Å². The van der Waals surface area contributed by atoms with Gasteiger partial charge in [-0.2, -0.15) is 0 Å². The summed E-state index contributed by atoms with van der Waals surface area (Å²) in [7, 11) is 0. The van der Waals surface area contributed by atoms with Crippen molar-refractivity contribution in [2.24, 2.45) is 0 Å². The number of pyridine rings is 2. The molecule has 0 spiro atoms. The van der Waals surface area contributed by atoms with Crippen LogP contribution in [0.1, 0.15) is 47.3 Å². The quantitative estimate of drug-likeness (QED) is 0.507. The van der Waals surface area contributed by atoms with Gasteiger partial charge in [0.1, 0.15) is 6.61 Å². The molecule has 2 aromatic heterocycles. The standard InChI is InChI=1S/C23H20N2O6/c1-3-23(29)16-9-17-19-13(10-25(17)20(26)15(16)11-31-22(23)28)8-12-6-5-7-14(18(12)24-19)21(27)30-4-2/h5-9,29H,3-4,10-11H2,1-2H3. The summed E-state index contributed by atoms with van der Waals surface area (Å²) in [5, 5.41) is 11.7. The minimum Gasteiger partial charge on any atom is -0.462 e. The minimum atomic E-state index is -1.88. The lowest BCUT2D eigenvalue weighted by Crippen LogP contribution is -2.44. The van der Waals surface area contributed by atoms with Crippen LogP contribution in [0.5, 0.6) is 0 Å². The first kappa shape index (κ1) is 19.4. The lowest BCUT2D eigenvalue weighted by Gasteiger charge is -2.31. The van der Waals surface area contributed by atoms with Crippen LogP contribution in [0.3, 0.4) is 0 Å². The van der Waals surface area contributed by atoms with Crippen LogP contribution in [-0.4, -0.2) is 33.2 Å². The highest BCUT2D eigenvalue weighted by molar-refractivity contribution is 6.03. The van der Waals surface area contributed by atoms with E-state index in [2.05, 4.69) is 0 Å². The maximum absolute atomic E-state index is 13.2. The molecular formula is C23H20N2O6. The zero-order chi connectivity index (χ0) is 21.9. The Hall–Kier alpha value is -3.52. The summed E-state index contributed by atoms with van der Waals surface area (Å²) in [4.78, 5) is 42.6. The number of cyclic esters (lactones) is 1. The molecule has 0 saturated carbocycles. The number of carbonyl (C=O) groups excluding carboxylic acids is 2. The number of ether oxygens (including phenoxy) is 2. The number of aliphatic hydroxyl groups is 1. The average Bonchev–Trinajstić information content (AvgIpc) is 3.13. The van der Waals surface area contributed by atoms with Gasteiger partial charge in [0, 0.05) is 16.5 Å². The van der Waals surface area contributed by atoms with Gasteiger partial charge in [-0.1, -0.05) is 19.1 Å². The van der Waals surface area contributed by atoms with E-state index in [0.717, 1.165) is 10.9 Å². The predicted molar refractivity (Wildman–Crippen MR) is 110 cm³/mol. The van der Waals surface area contributed by atoms with Gasteiger partial charge in [0.25, 0.3) is 5.56 Å². The highest BCUT2D eigenvalue weighted by Gasteiger charge is 2.45. The molecule has 2 aliphatic heterocycles. The van der Waals surface area contributed by atoms with Crippen LogP contribution in [0.15, 0.2) is 35.1 Å². The van der Waals surface area contributed by atoms with Gasteiger partial charge in [-0.25, -0.2) is 14.6 Å². The zero-order valence-electron chi connectivity index (χ0n) is 17.1. The van der Waals surface area contributed by atoms with E-state index in [-0.39, 0.29) is 36.3 Å². The molecule has 0 aliphatic carbocycles. The number of fused-ring (bicyclic) bond motifs is 5. The first-order valence-corrected chi connectivity index (χ1v) is 10.2. The van der Waals surface area contributed by atoms with Crippen LogP contribution in [0.25, 0.3) is 22.3 Å². The van der Waals surface area contributed by atoms with Crippen LogP contribution < -0.4 is 5.56 Å². The van der Waals surface area contributed by atoms with E-state index >= 15 is 0 Å². The Bertz CT molecular complexity index is 1340. The zero-order valence-corrected chi connectivity index (χ0v) is 17.1. The van der Waals surface area contributed by atoms with Crippen molar-refractivity contribution in [2.75, 3.05) is 6.61 Å². The number of esters is 2. The van der Waals surface area contributed by atoms with Crippen molar-refractivity contribution in [1.29, 1.82) is 0 Å². The molecule has 0 radical (unpaired) electrons. The molecule has 0 bridgehead atoms. The first-order valence-electron chi connectivity index (χ1n) is 10.2. The molecule has 8 heteroatoms. The predicted octanol–water partition coefficient (Wildman–Crippen LogP) is 2.26. The lowest BCUT2D eigenvalue weighted by atomic mass is 9.86. The second-order valence-corrected chi connectivity index (χ2v) is 7.70. The summed E-state index contributed by atoms with van der Waals surface area (Å²) >= 11 is 0. The van der Waals surface area contributed by atoms with Crippen LogP contribution in [0.4, 0.5) is 0 Å². The van der Waals surface area contributed by atoms with Crippen LogP contribution >= 0.6 is 0 Å². The summed E-state index contributed by atoms with van der Waals surface area (Å²) in [6.07, 6.45) is 0.0761. The van der Waals surface area contributed by atoms with Crippen molar-refractivity contribution in [3.05, 3.63) is 62.9 Å². The molecule has 5 rings (SSSR count). The van der Waals surface area contributed by atoms with E-state index in [1.165, 1.54) is 0 Å². The number of benzene rings is 1. The van der Waals surface area contributed by atoms with E-state index in [1.807, 2.05) is 12.1 Å². The molecular weight excluding hydrogens is 400 g/mol. The van der Waals surface area contributed by atoms with Gasteiger partial charge in [-0.15, -0.1) is 0 Å². The van der Waals surface area contributed by atoms with Crippen LogP contribution in [-0.2, 0) is 33.0 Å². The Balaban J connectivity index is 1.76. The molecule has 0 fully saturated rings. The fraction of sp³-hybridized carbons (Fsp3) is 0.304. The van der Waals surface area contributed by atoms with Crippen molar-refractivity contribution in [3.63, 3.8) is 0 Å². The molecule has 3 aromatic rings. The van der Waals surface area contributed by atoms with E-state index in [9.17, 15) is 19.5 Å². The Kier molecular flexibility index (Phi) is 4.23. The van der Waals surface area contributed by atoms with Crippen molar-refractivity contribution >= 4 is 22.8 Å². The summed E-state index contributed by atoms with van der Waals surface area (Å²) in [5.74, 6) is -1.23. The van der Waals surface area contributed by atoms with E-state index < -0.39 is 17.5 Å². The van der Waals surface area contributed by atoms with Crippen molar-refractivity contribution in [3.8, 4) is 11.4 Å². The van der Waals surface area contributed by atoms with Gasteiger partial charge in [0.05, 0.1) is 41.2 Å². The maximum Gasteiger partial charge on any atom is 0.343 e. The number of nitrogens with zero attached hydrogens (tertiary/aromatic N) is 2. The summed E-state index contributed by atoms with van der Waals surface area (Å²) < 4.78 is 11.8. The average molecular weight is 420 g/mol. The van der Waals surface area contributed by atoms with Crippen molar-refractivity contribution in [2.45, 2.75) is 39.0 Å². The third-order valence-corrected chi connectivity index (χ3v) is 6.03. The van der Waals surface area contributed by atoms with Gasteiger partial charge in [0.15, 0.2) is 5.60 Å². The molecule has 158 valence electrons. The number of para-hydroxylation sites is 1. The Morgan fingerprint density at radius 2 is 2.10 bits per heavy atom. The molecule has 1 unspecified atom stereocenters. The first-order chi connectivity index (χ1) is 14.9. The monoisotopic (exact) mass is 420 g/mol. The molecule has 8 nitrogen and oxygen atoms in total. The van der Waals surface area contributed by atoms with Gasteiger partial charge < -0.3 is 19.1 Å². The number of rotatable bonds is 3. The second kappa shape index (κ2) is 6.75. The molecule has 1 atom stereocenters. The minimum absolute atomic E-state index is 0.0761. The molecule has 1 aromatic carbocycles. The fourth-order valence-electron chi connectivity index (χ4n) is 4.38. The lowest BCUT2D eigenvalue weighted by molar-refractivity contribution is -0.172. The Labute approximate surface area is 177 Å². The second-order valence-electron chi connectivity index (χ2n) is 7.70. The number of aromatic nitrogens is 2. The van der Waals surface area contributed by atoms with Gasteiger partial charge in [-0.3, -0.25) is 4.79 Å². The Morgan fingerprint density at radius 3 is 2.84 bits per heavy atom. The third-order valence-electron chi connectivity index (χ3n) is 6.03. The van der Waals surface area contributed by atoms with Crippen molar-refractivity contribution in [1.82, 2.24) is 9.55 Å². The van der Waals surface area contributed by atoms with Crippen molar-refractivity contribution < 1.29 is 24.2 Å². The number of hydrogen-bond acceptors (Lipinski definition) is 7. The molecule has 1 N–H and O–H groups in total. The Morgan fingerprint density at radius 1 is 1.29 bits per heavy atom. The largest absolute Gasteiger partial charge is 0.462 e. The number of hydrogen-bond donors (Lipinski definition) is 1. The highest BCUT2D eigenvalue weighted by atomic mass is 16.6. The van der Waals surface area contributed by atoms with Crippen LogP contribution in [0.2, 0.25) is 0 Å². The highest BCUT2D eigenvalue weighted by Crippen LogP contribution is 2.38. The molecule has 4 heterocycles.